The first-order valence-electron chi connectivity index (χ1n) is 11.8. The highest BCUT2D eigenvalue weighted by molar-refractivity contribution is 5.87. The zero-order valence-electron chi connectivity index (χ0n) is 20.0. The molecular formula is C28H34N2O5. The molecule has 186 valence electrons. The summed E-state index contributed by atoms with van der Waals surface area (Å²) in [5.41, 5.74) is 0.740. The van der Waals surface area contributed by atoms with Crippen LogP contribution in [-0.2, 0) is 24.7 Å². The highest BCUT2D eigenvalue weighted by Crippen LogP contribution is 2.38. The third-order valence-corrected chi connectivity index (χ3v) is 5.64. The van der Waals surface area contributed by atoms with E-state index in [-0.39, 0.29) is 24.8 Å². The fourth-order valence-corrected chi connectivity index (χ4v) is 3.81. The number of ether oxygens (including phenoxy) is 1. The number of carboxylic acids is 1. The van der Waals surface area contributed by atoms with Gasteiger partial charge < -0.3 is 20.5 Å². The van der Waals surface area contributed by atoms with E-state index < -0.39 is 11.6 Å². The number of hydrogen-bond donors (Lipinski definition) is 3. The number of carboxylic acid groups (broad SMARTS) is 1. The molecule has 7 nitrogen and oxygen atoms in total. The normalized spacial score (nSPS) is 12.2. The first kappa shape index (κ1) is 27.5. The average Bonchev–Trinajstić information content (AvgIpc) is 2.89. The second-order valence-electron chi connectivity index (χ2n) is 8.05. The summed E-state index contributed by atoms with van der Waals surface area (Å²) in [6, 6.07) is 17.0. The highest BCUT2D eigenvalue weighted by Gasteiger charge is 2.42. The quantitative estimate of drug-likeness (QED) is 0.248. The Balaban J connectivity index is 2.24. The van der Waals surface area contributed by atoms with Crippen LogP contribution in [0.5, 0.6) is 0 Å². The van der Waals surface area contributed by atoms with Crippen molar-refractivity contribution < 1.29 is 24.2 Å². The maximum Gasteiger partial charge on any atom is 0.340 e. The Morgan fingerprint density at radius 1 is 0.829 bits per heavy atom. The maximum atomic E-state index is 12.8. The standard InChI is InChI=1S/C28H34N2O5/c1-3-25(31)29-19-11-10-18-28(27(33)34,35-21-13-12-20-30-26(32)4-2)24-17-9-8-16-23(24)22-14-6-5-7-15-22/h3-9,14-17H,1-2,10-13,18-21H2,(H,29,31)(H,30,32)(H,33,34). The summed E-state index contributed by atoms with van der Waals surface area (Å²) in [4.78, 5) is 35.5. The molecule has 1 unspecified atom stereocenters. The SMILES string of the molecule is C=CC(=O)NCCCCOC(CCCCNC(=O)C=C)(C(=O)O)c1ccccc1-c1ccccc1. The lowest BCUT2D eigenvalue weighted by Gasteiger charge is -2.32. The third-order valence-electron chi connectivity index (χ3n) is 5.64. The van der Waals surface area contributed by atoms with Crippen LogP contribution in [0.25, 0.3) is 11.1 Å². The molecule has 0 aromatic heterocycles. The Morgan fingerprint density at radius 2 is 1.40 bits per heavy atom. The van der Waals surface area contributed by atoms with Gasteiger partial charge in [-0.1, -0.05) is 67.8 Å². The van der Waals surface area contributed by atoms with Crippen molar-refractivity contribution in [1.82, 2.24) is 10.6 Å². The van der Waals surface area contributed by atoms with Crippen LogP contribution in [0, 0.1) is 0 Å². The molecule has 0 fully saturated rings. The topological polar surface area (TPSA) is 105 Å². The zero-order chi connectivity index (χ0) is 25.5. The molecule has 35 heavy (non-hydrogen) atoms. The minimum atomic E-state index is -1.56. The molecule has 0 spiro atoms. The van der Waals surface area contributed by atoms with Gasteiger partial charge >= 0.3 is 5.97 Å². The van der Waals surface area contributed by atoms with Crippen LogP contribution in [0.15, 0.2) is 79.9 Å². The van der Waals surface area contributed by atoms with Gasteiger partial charge in [-0.3, -0.25) is 9.59 Å². The van der Waals surface area contributed by atoms with Crippen molar-refractivity contribution in [2.75, 3.05) is 19.7 Å². The van der Waals surface area contributed by atoms with Crippen molar-refractivity contribution in [1.29, 1.82) is 0 Å². The minimum Gasteiger partial charge on any atom is -0.479 e. The van der Waals surface area contributed by atoms with E-state index in [1.165, 1.54) is 12.2 Å². The maximum absolute atomic E-state index is 12.8. The lowest BCUT2D eigenvalue weighted by atomic mass is 9.83. The van der Waals surface area contributed by atoms with E-state index in [4.69, 9.17) is 4.74 Å². The summed E-state index contributed by atoms with van der Waals surface area (Å²) in [6.07, 6.45) is 5.01. The van der Waals surface area contributed by atoms with E-state index in [1.807, 2.05) is 48.5 Å². The number of aliphatic carboxylic acids is 1. The number of amides is 2. The Hall–Kier alpha value is -3.71. The lowest BCUT2D eigenvalue weighted by molar-refractivity contribution is -0.169. The molecule has 0 radical (unpaired) electrons. The summed E-state index contributed by atoms with van der Waals surface area (Å²) < 4.78 is 6.19. The molecule has 0 aliphatic heterocycles. The van der Waals surface area contributed by atoms with Crippen LogP contribution in [0.2, 0.25) is 0 Å². The highest BCUT2D eigenvalue weighted by atomic mass is 16.5. The largest absolute Gasteiger partial charge is 0.479 e. The molecule has 0 heterocycles. The van der Waals surface area contributed by atoms with Gasteiger partial charge in [-0.15, -0.1) is 0 Å². The Kier molecular flexibility index (Phi) is 11.4. The van der Waals surface area contributed by atoms with Crippen LogP contribution >= 0.6 is 0 Å². The molecule has 2 rings (SSSR count). The van der Waals surface area contributed by atoms with Crippen molar-refractivity contribution >= 4 is 17.8 Å². The summed E-state index contributed by atoms with van der Waals surface area (Å²) >= 11 is 0. The number of nitrogens with one attached hydrogen (secondary N) is 2. The number of rotatable bonds is 16. The second-order valence-corrected chi connectivity index (χ2v) is 8.05. The van der Waals surface area contributed by atoms with Gasteiger partial charge in [0.25, 0.3) is 0 Å². The van der Waals surface area contributed by atoms with Crippen LogP contribution in [0.1, 0.15) is 37.7 Å². The predicted octanol–water partition coefficient (Wildman–Crippen LogP) is 4.21. The zero-order valence-corrected chi connectivity index (χ0v) is 20.0. The second kappa shape index (κ2) is 14.5. The van der Waals surface area contributed by atoms with Crippen molar-refractivity contribution in [3.05, 3.63) is 85.5 Å². The van der Waals surface area contributed by atoms with E-state index >= 15 is 0 Å². The van der Waals surface area contributed by atoms with Crippen molar-refractivity contribution in [3.8, 4) is 11.1 Å². The Labute approximate surface area is 206 Å². The van der Waals surface area contributed by atoms with Crippen molar-refractivity contribution in [3.63, 3.8) is 0 Å². The average molecular weight is 479 g/mol. The van der Waals surface area contributed by atoms with Crippen molar-refractivity contribution in [2.45, 2.75) is 37.7 Å². The van der Waals surface area contributed by atoms with E-state index in [0.29, 0.717) is 44.3 Å². The van der Waals surface area contributed by atoms with E-state index in [1.54, 1.807) is 6.07 Å². The molecule has 0 aliphatic carbocycles. The van der Waals surface area contributed by atoms with Gasteiger partial charge in [0.15, 0.2) is 5.60 Å². The molecule has 0 aliphatic rings. The molecule has 2 aromatic rings. The van der Waals surface area contributed by atoms with E-state index in [2.05, 4.69) is 23.8 Å². The van der Waals surface area contributed by atoms with E-state index in [9.17, 15) is 19.5 Å². The summed E-state index contributed by atoms with van der Waals surface area (Å²) in [5.74, 6) is -1.56. The van der Waals surface area contributed by atoms with Gasteiger partial charge in [-0.25, -0.2) is 4.79 Å². The Bertz CT molecular complexity index is 1010. The summed E-state index contributed by atoms with van der Waals surface area (Å²) in [7, 11) is 0. The van der Waals surface area contributed by atoms with Gasteiger partial charge in [0.05, 0.1) is 0 Å². The van der Waals surface area contributed by atoms with Gasteiger partial charge in [-0.2, -0.15) is 0 Å². The summed E-state index contributed by atoms with van der Waals surface area (Å²) in [5, 5.41) is 15.9. The van der Waals surface area contributed by atoms with Crippen LogP contribution in [0.3, 0.4) is 0 Å². The number of carbonyl (C=O) groups excluding carboxylic acids is 2. The van der Waals surface area contributed by atoms with E-state index in [0.717, 1.165) is 11.1 Å². The molecular weight excluding hydrogens is 444 g/mol. The van der Waals surface area contributed by atoms with Crippen molar-refractivity contribution in [2.24, 2.45) is 0 Å². The van der Waals surface area contributed by atoms with Gasteiger partial charge in [-0.05, 0) is 55.4 Å². The predicted molar refractivity (Wildman–Crippen MR) is 137 cm³/mol. The number of hydrogen-bond acceptors (Lipinski definition) is 4. The van der Waals surface area contributed by atoms with Crippen LogP contribution in [0.4, 0.5) is 0 Å². The minimum absolute atomic E-state index is 0.215. The monoisotopic (exact) mass is 478 g/mol. The fourth-order valence-electron chi connectivity index (χ4n) is 3.81. The Morgan fingerprint density at radius 3 is 2.00 bits per heavy atom. The first-order valence-corrected chi connectivity index (χ1v) is 11.8. The van der Waals surface area contributed by atoms with Crippen LogP contribution in [-0.4, -0.2) is 42.6 Å². The number of carbonyl (C=O) groups is 3. The molecule has 3 N–H and O–H groups in total. The molecule has 2 aromatic carbocycles. The fraction of sp³-hybridized carbons (Fsp3) is 0.321. The first-order chi connectivity index (χ1) is 16.9. The number of unbranched alkanes of at least 4 members (excludes halogenated alkanes) is 2. The summed E-state index contributed by atoms with van der Waals surface area (Å²) in [6.45, 7) is 7.94. The molecule has 0 saturated carbocycles. The van der Waals surface area contributed by atoms with Gasteiger partial charge in [0.1, 0.15) is 0 Å². The molecule has 0 bridgehead atoms. The molecule has 2 amide bonds. The van der Waals surface area contributed by atoms with Gasteiger partial charge in [0, 0.05) is 25.3 Å². The molecule has 7 heteroatoms. The molecule has 1 atom stereocenters. The smallest absolute Gasteiger partial charge is 0.340 e. The van der Waals surface area contributed by atoms with Gasteiger partial charge in [0.2, 0.25) is 11.8 Å². The number of benzene rings is 2. The van der Waals surface area contributed by atoms with Crippen LogP contribution < -0.4 is 10.6 Å². The third kappa shape index (κ3) is 8.22. The lowest BCUT2D eigenvalue weighted by Crippen LogP contribution is -2.40. The molecule has 0 saturated heterocycles.